The molecule has 0 unspecified atom stereocenters. The molecule has 0 aliphatic rings. The Kier molecular flexibility index (Phi) is 4.25. The van der Waals surface area contributed by atoms with Gasteiger partial charge in [0.1, 0.15) is 18.2 Å². The van der Waals surface area contributed by atoms with Crippen LogP contribution in [0.15, 0.2) is 40.9 Å². The lowest BCUT2D eigenvalue weighted by atomic mass is 10.2. The van der Waals surface area contributed by atoms with Crippen molar-refractivity contribution in [1.29, 1.82) is 0 Å². The summed E-state index contributed by atoms with van der Waals surface area (Å²) in [7, 11) is 0. The van der Waals surface area contributed by atoms with Crippen LogP contribution in [0.4, 0.5) is 4.39 Å². The molecule has 0 aromatic heterocycles. The average Bonchev–Trinajstić information content (AvgIpc) is 2.30. The van der Waals surface area contributed by atoms with E-state index in [1.165, 1.54) is 12.1 Å². The van der Waals surface area contributed by atoms with Crippen molar-refractivity contribution >= 4 is 27.5 Å². The molecule has 1 nitrogen and oxygen atoms in total. The molecule has 0 aliphatic carbocycles. The first-order valence-electron chi connectivity index (χ1n) is 5.39. The van der Waals surface area contributed by atoms with Gasteiger partial charge >= 0.3 is 0 Å². The van der Waals surface area contributed by atoms with Gasteiger partial charge in [0.05, 0.1) is 9.50 Å². The maximum atomic E-state index is 12.9. The predicted molar refractivity (Wildman–Crippen MR) is 74.6 cm³/mol. The molecule has 0 atom stereocenters. The fraction of sp³-hybridized carbons (Fsp3) is 0.143. The molecule has 0 radical (unpaired) electrons. The van der Waals surface area contributed by atoms with E-state index >= 15 is 0 Å². The highest BCUT2D eigenvalue weighted by molar-refractivity contribution is 9.10. The van der Waals surface area contributed by atoms with Crippen LogP contribution in [-0.2, 0) is 6.61 Å². The Morgan fingerprint density at radius 2 is 2.00 bits per heavy atom. The van der Waals surface area contributed by atoms with Gasteiger partial charge in [-0.25, -0.2) is 4.39 Å². The highest BCUT2D eigenvalue weighted by Crippen LogP contribution is 2.27. The first kappa shape index (κ1) is 13.4. The van der Waals surface area contributed by atoms with Crippen molar-refractivity contribution in [2.24, 2.45) is 0 Å². The van der Waals surface area contributed by atoms with Crippen molar-refractivity contribution in [3.8, 4) is 5.75 Å². The van der Waals surface area contributed by atoms with Crippen LogP contribution < -0.4 is 4.74 Å². The zero-order valence-electron chi connectivity index (χ0n) is 9.71. The van der Waals surface area contributed by atoms with Gasteiger partial charge in [0.25, 0.3) is 0 Å². The lowest BCUT2D eigenvalue weighted by Gasteiger charge is -2.10. The van der Waals surface area contributed by atoms with Crippen LogP contribution in [0.3, 0.4) is 0 Å². The lowest BCUT2D eigenvalue weighted by molar-refractivity contribution is 0.304. The van der Waals surface area contributed by atoms with E-state index in [0.29, 0.717) is 11.6 Å². The fourth-order valence-electron chi connectivity index (χ4n) is 1.52. The van der Waals surface area contributed by atoms with Gasteiger partial charge in [0, 0.05) is 5.56 Å². The summed E-state index contributed by atoms with van der Waals surface area (Å²) in [6.45, 7) is 2.31. The summed E-state index contributed by atoms with van der Waals surface area (Å²) in [5.74, 6) is 0.390. The summed E-state index contributed by atoms with van der Waals surface area (Å²) in [6.07, 6.45) is 0. The third-order valence-electron chi connectivity index (χ3n) is 2.49. The molecule has 2 aromatic rings. The largest absolute Gasteiger partial charge is 0.488 e. The van der Waals surface area contributed by atoms with Gasteiger partial charge in [-0.1, -0.05) is 23.7 Å². The molecule has 0 saturated heterocycles. The van der Waals surface area contributed by atoms with Gasteiger partial charge in [-0.15, -0.1) is 0 Å². The van der Waals surface area contributed by atoms with Crippen LogP contribution in [0.1, 0.15) is 11.1 Å². The fourth-order valence-corrected chi connectivity index (χ4v) is 2.35. The number of benzene rings is 2. The van der Waals surface area contributed by atoms with Gasteiger partial charge in [0.15, 0.2) is 0 Å². The molecule has 0 amide bonds. The molecule has 4 heteroatoms. The minimum atomic E-state index is -0.347. The number of hydrogen-bond acceptors (Lipinski definition) is 1. The second-order valence-corrected chi connectivity index (χ2v) is 5.22. The van der Waals surface area contributed by atoms with Crippen LogP contribution in [0.25, 0.3) is 0 Å². The second kappa shape index (κ2) is 5.72. The number of halogens is 3. The molecule has 94 valence electrons. The minimum absolute atomic E-state index is 0.306. The van der Waals surface area contributed by atoms with Crippen molar-refractivity contribution in [2.75, 3.05) is 0 Å². The van der Waals surface area contributed by atoms with Crippen LogP contribution >= 0.6 is 27.5 Å². The molecule has 0 fully saturated rings. The van der Waals surface area contributed by atoms with E-state index in [-0.39, 0.29) is 5.82 Å². The molecule has 2 rings (SSSR count). The molecule has 0 heterocycles. The molecular formula is C14H11BrClFO. The average molecular weight is 330 g/mol. The maximum Gasteiger partial charge on any atom is 0.134 e. The second-order valence-electron chi connectivity index (χ2n) is 3.96. The third kappa shape index (κ3) is 3.24. The third-order valence-corrected chi connectivity index (χ3v) is 3.46. The van der Waals surface area contributed by atoms with E-state index in [1.54, 1.807) is 6.07 Å². The first-order valence-corrected chi connectivity index (χ1v) is 6.56. The van der Waals surface area contributed by atoms with Crippen molar-refractivity contribution in [3.63, 3.8) is 0 Å². The predicted octanol–water partition coefficient (Wildman–Crippen LogP) is 5.13. The SMILES string of the molecule is Cc1ccc(OCc2ccc(F)cc2Cl)c(Br)c1. The van der Waals surface area contributed by atoms with Crippen molar-refractivity contribution < 1.29 is 9.13 Å². The molecular weight excluding hydrogens is 319 g/mol. The quantitative estimate of drug-likeness (QED) is 0.758. The minimum Gasteiger partial charge on any atom is -0.488 e. The van der Waals surface area contributed by atoms with Crippen LogP contribution in [-0.4, -0.2) is 0 Å². The van der Waals surface area contributed by atoms with E-state index in [2.05, 4.69) is 15.9 Å². The Morgan fingerprint density at radius 1 is 1.22 bits per heavy atom. The summed E-state index contributed by atoms with van der Waals surface area (Å²) in [6, 6.07) is 10.1. The molecule has 0 saturated carbocycles. The monoisotopic (exact) mass is 328 g/mol. The van der Waals surface area contributed by atoms with E-state index < -0.39 is 0 Å². The Bertz CT molecular complexity index is 520. The Labute approximate surface area is 119 Å². The zero-order chi connectivity index (χ0) is 13.1. The highest BCUT2D eigenvalue weighted by atomic mass is 79.9. The van der Waals surface area contributed by atoms with Gasteiger partial charge in [-0.2, -0.15) is 0 Å². The number of rotatable bonds is 3. The zero-order valence-corrected chi connectivity index (χ0v) is 12.1. The van der Waals surface area contributed by atoms with Crippen LogP contribution in [0.2, 0.25) is 5.02 Å². The lowest BCUT2D eigenvalue weighted by Crippen LogP contribution is -1.97. The topological polar surface area (TPSA) is 9.23 Å². The normalized spacial score (nSPS) is 10.4. The maximum absolute atomic E-state index is 12.9. The smallest absolute Gasteiger partial charge is 0.134 e. The molecule has 2 aromatic carbocycles. The van der Waals surface area contributed by atoms with Crippen LogP contribution in [0, 0.1) is 12.7 Å². The molecule has 0 spiro atoms. The molecule has 0 aliphatic heterocycles. The van der Waals surface area contributed by atoms with Crippen molar-refractivity contribution in [2.45, 2.75) is 13.5 Å². The molecule has 0 bridgehead atoms. The van der Waals surface area contributed by atoms with Crippen LogP contribution in [0.5, 0.6) is 5.75 Å². The Morgan fingerprint density at radius 3 is 2.67 bits per heavy atom. The number of hydrogen-bond donors (Lipinski definition) is 0. The summed E-state index contributed by atoms with van der Waals surface area (Å²) < 4.78 is 19.4. The summed E-state index contributed by atoms with van der Waals surface area (Å²) in [5.41, 5.74) is 1.90. The van der Waals surface area contributed by atoms with Gasteiger partial charge in [0.2, 0.25) is 0 Å². The number of aryl methyl sites for hydroxylation is 1. The van der Waals surface area contributed by atoms with Crippen molar-refractivity contribution in [1.82, 2.24) is 0 Å². The standard InChI is InChI=1S/C14H11BrClFO/c1-9-2-5-14(12(15)6-9)18-8-10-3-4-11(17)7-13(10)16/h2-7H,8H2,1H3. The molecule has 18 heavy (non-hydrogen) atoms. The van der Waals surface area contributed by atoms with Gasteiger partial charge in [-0.3, -0.25) is 0 Å². The summed E-state index contributed by atoms with van der Waals surface area (Å²) in [4.78, 5) is 0. The molecule has 0 N–H and O–H groups in total. The van der Waals surface area contributed by atoms with E-state index in [0.717, 1.165) is 21.3 Å². The van der Waals surface area contributed by atoms with E-state index in [9.17, 15) is 4.39 Å². The number of ether oxygens (including phenoxy) is 1. The van der Waals surface area contributed by atoms with E-state index in [4.69, 9.17) is 16.3 Å². The van der Waals surface area contributed by atoms with Gasteiger partial charge in [-0.05, 0) is 52.7 Å². The summed E-state index contributed by atoms with van der Waals surface area (Å²) in [5, 5.41) is 0.373. The first-order chi connectivity index (χ1) is 8.56. The van der Waals surface area contributed by atoms with E-state index in [1.807, 2.05) is 25.1 Å². The summed E-state index contributed by atoms with van der Waals surface area (Å²) >= 11 is 9.36. The Hall–Kier alpha value is -1.06. The Balaban J connectivity index is 2.11. The van der Waals surface area contributed by atoms with Gasteiger partial charge < -0.3 is 4.74 Å². The van der Waals surface area contributed by atoms with Crippen molar-refractivity contribution in [3.05, 3.63) is 62.8 Å². The highest BCUT2D eigenvalue weighted by Gasteiger charge is 2.05.